The third kappa shape index (κ3) is 3.93. The lowest BCUT2D eigenvalue weighted by Crippen LogP contribution is -2.31. The predicted molar refractivity (Wildman–Crippen MR) is 86.4 cm³/mol. The molecule has 0 aromatic carbocycles. The van der Waals surface area contributed by atoms with E-state index in [1.54, 1.807) is 0 Å². The number of rotatable bonds is 7. The van der Waals surface area contributed by atoms with Gasteiger partial charge in [0.25, 0.3) is 0 Å². The maximum atomic E-state index is 5.52. The van der Waals surface area contributed by atoms with Gasteiger partial charge in [0.1, 0.15) is 0 Å². The van der Waals surface area contributed by atoms with Crippen molar-refractivity contribution >= 4 is 17.8 Å². The Morgan fingerprint density at radius 3 is 2.52 bits per heavy atom. The van der Waals surface area contributed by atoms with Crippen LogP contribution in [0, 0.1) is 5.92 Å². The Labute approximate surface area is 126 Å². The van der Waals surface area contributed by atoms with Crippen LogP contribution in [-0.4, -0.2) is 41.1 Å². The minimum absolute atomic E-state index is 0.435. The molecule has 1 atom stereocenters. The summed E-state index contributed by atoms with van der Waals surface area (Å²) < 4.78 is 0. The van der Waals surface area contributed by atoms with Crippen LogP contribution in [0.5, 0.6) is 0 Å². The Hall–Kier alpha value is -1.63. The number of hydrogen-bond donors (Lipinski definition) is 2. The van der Waals surface area contributed by atoms with E-state index in [-0.39, 0.29) is 0 Å². The molecule has 0 spiro atoms. The number of nitrogens with zero attached hydrogens (tertiary/aromatic N) is 5. The van der Waals surface area contributed by atoms with Gasteiger partial charge in [-0.2, -0.15) is 15.0 Å². The van der Waals surface area contributed by atoms with Gasteiger partial charge in [-0.15, -0.1) is 0 Å². The lowest BCUT2D eigenvalue weighted by atomic mass is 10.1. The number of hydrogen-bond acceptors (Lipinski definition) is 7. The molecule has 1 aromatic rings. The minimum atomic E-state index is 0.435. The number of nitrogen functional groups attached to an aromatic ring is 1. The lowest BCUT2D eigenvalue weighted by molar-refractivity contribution is 0.542. The molecule has 1 aliphatic rings. The molecule has 2 heterocycles. The zero-order valence-electron chi connectivity index (χ0n) is 13.3. The molecule has 3 N–H and O–H groups in total. The smallest absolute Gasteiger partial charge is 0.243 e. The highest BCUT2D eigenvalue weighted by Gasteiger charge is 2.19. The number of nitrogens with one attached hydrogen (secondary N) is 1. The molecule has 1 aromatic heterocycles. The SMILES string of the molecule is CCC(C)CN(CC)c1nc(NN)nc(N2CCCC2)n1. The van der Waals surface area contributed by atoms with E-state index in [2.05, 4.69) is 50.9 Å². The summed E-state index contributed by atoms with van der Waals surface area (Å²) in [7, 11) is 0. The van der Waals surface area contributed by atoms with Crippen LogP contribution in [0.25, 0.3) is 0 Å². The van der Waals surface area contributed by atoms with Crippen molar-refractivity contribution in [3.05, 3.63) is 0 Å². The second-order valence-corrected chi connectivity index (χ2v) is 5.65. The first-order valence-corrected chi connectivity index (χ1v) is 7.90. The highest BCUT2D eigenvalue weighted by Crippen LogP contribution is 2.20. The van der Waals surface area contributed by atoms with Crippen molar-refractivity contribution in [2.45, 2.75) is 40.0 Å². The van der Waals surface area contributed by atoms with Crippen LogP contribution in [0.3, 0.4) is 0 Å². The van der Waals surface area contributed by atoms with Crippen LogP contribution in [0.1, 0.15) is 40.0 Å². The Morgan fingerprint density at radius 1 is 1.24 bits per heavy atom. The van der Waals surface area contributed by atoms with Crippen molar-refractivity contribution in [3.8, 4) is 0 Å². The molecule has 0 radical (unpaired) electrons. The molecule has 0 saturated carbocycles. The van der Waals surface area contributed by atoms with Crippen molar-refractivity contribution in [1.82, 2.24) is 15.0 Å². The predicted octanol–water partition coefficient (Wildman–Crippen LogP) is 1.63. The van der Waals surface area contributed by atoms with E-state index in [0.717, 1.165) is 38.5 Å². The van der Waals surface area contributed by atoms with Crippen LogP contribution in [0.4, 0.5) is 17.8 Å². The third-order valence-electron chi connectivity index (χ3n) is 4.02. The van der Waals surface area contributed by atoms with E-state index in [9.17, 15) is 0 Å². The maximum absolute atomic E-state index is 5.52. The van der Waals surface area contributed by atoms with Crippen molar-refractivity contribution in [2.75, 3.05) is 41.4 Å². The molecule has 7 heteroatoms. The summed E-state index contributed by atoms with van der Waals surface area (Å²) in [5.74, 6) is 7.99. The fourth-order valence-corrected chi connectivity index (χ4v) is 2.48. The number of anilines is 3. The van der Waals surface area contributed by atoms with E-state index in [1.165, 1.54) is 12.8 Å². The molecule has 1 fully saturated rings. The van der Waals surface area contributed by atoms with Gasteiger partial charge in [0.2, 0.25) is 17.8 Å². The van der Waals surface area contributed by atoms with Crippen LogP contribution in [-0.2, 0) is 0 Å². The molecule has 7 nitrogen and oxygen atoms in total. The van der Waals surface area contributed by atoms with Crippen molar-refractivity contribution < 1.29 is 0 Å². The fourth-order valence-electron chi connectivity index (χ4n) is 2.48. The van der Waals surface area contributed by atoms with Gasteiger partial charge in [-0.1, -0.05) is 20.3 Å². The van der Waals surface area contributed by atoms with E-state index in [1.807, 2.05) is 0 Å². The van der Waals surface area contributed by atoms with E-state index >= 15 is 0 Å². The summed E-state index contributed by atoms with van der Waals surface area (Å²) >= 11 is 0. The molecule has 1 unspecified atom stereocenters. The first kappa shape index (κ1) is 15.8. The van der Waals surface area contributed by atoms with Gasteiger partial charge in [-0.25, -0.2) is 5.84 Å². The summed E-state index contributed by atoms with van der Waals surface area (Å²) in [6, 6.07) is 0. The largest absolute Gasteiger partial charge is 0.341 e. The zero-order chi connectivity index (χ0) is 15.2. The van der Waals surface area contributed by atoms with E-state index < -0.39 is 0 Å². The molecule has 0 bridgehead atoms. The standard InChI is InChI=1S/C14H27N7/c1-4-11(3)10-20(5-2)13-16-12(19-15)17-14(18-13)21-8-6-7-9-21/h11H,4-10,15H2,1-3H3,(H,16,17,18,19). The Balaban J connectivity index is 2.25. The normalized spacial score (nSPS) is 16.1. The lowest BCUT2D eigenvalue weighted by Gasteiger charge is -2.25. The molecule has 1 saturated heterocycles. The summed E-state index contributed by atoms with van der Waals surface area (Å²) in [6.07, 6.45) is 3.52. The second-order valence-electron chi connectivity index (χ2n) is 5.65. The minimum Gasteiger partial charge on any atom is -0.341 e. The van der Waals surface area contributed by atoms with Crippen LogP contribution in [0.15, 0.2) is 0 Å². The van der Waals surface area contributed by atoms with Gasteiger partial charge in [0.05, 0.1) is 0 Å². The topological polar surface area (TPSA) is 83.2 Å². The van der Waals surface area contributed by atoms with Gasteiger partial charge in [0.15, 0.2) is 0 Å². The second kappa shape index (κ2) is 7.40. The maximum Gasteiger partial charge on any atom is 0.243 e. The van der Waals surface area contributed by atoms with Crippen molar-refractivity contribution in [3.63, 3.8) is 0 Å². The average molecular weight is 293 g/mol. The zero-order valence-corrected chi connectivity index (χ0v) is 13.3. The summed E-state index contributed by atoms with van der Waals surface area (Å²) in [5, 5.41) is 0. The number of nitrogens with two attached hydrogens (primary N) is 1. The number of aromatic nitrogens is 3. The Bertz CT molecular complexity index is 445. The van der Waals surface area contributed by atoms with Gasteiger partial charge in [0, 0.05) is 26.2 Å². The average Bonchev–Trinajstić information content (AvgIpc) is 3.06. The molecular formula is C14H27N7. The van der Waals surface area contributed by atoms with Crippen LogP contribution < -0.4 is 21.1 Å². The van der Waals surface area contributed by atoms with Gasteiger partial charge in [-0.3, -0.25) is 5.43 Å². The quantitative estimate of drug-likeness (QED) is 0.584. The number of hydrazine groups is 1. The first-order chi connectivity index (χ1) is 10.2. The molecule has 0 aliphatic carbocycles. The van der Waals surface area contributed by atoms with Crippen molar-refractivity contribution in [2.24, 2.45) is 11.8 Å². The van der Waals surface area contributed by atoms with Crippen molar-refractivity contribution in [1.29, 1.82) is 0 Å². The van der Waals surface area contributed by atoms with Crippen LogP contribution in [0.2, 0.25) is 0 Å². The summed E-state index contributed by atoms with van der Waals surface area (Å²) in [5.41, 5.74) is 2.56. The monoisotopic (exact) mass is 293 g/mol. The molecule has 2 rings (SSSR count). The summed E-state index contributed by atoms with van der Waals surface area (Å²) in [4.78, 5) is 17.9. The Morgan fingerprint density at radius 2 is 1.95 bits per heavy atom. The molecule has 0 amide bonds. The van der Waals surface area contributed by atoms with Gasteiger partial charge >= 0.3 is 0 Å². The third-order valence-corrected chi connectivity index (χ3v) is 4.02. The fraction of sp³-hybridized carbons (Fsp3) is 0.786. The van der Waals surface area contributed by atoms with Gasteiger partial charge in [-0.05, 0) is 25.7 Å². The Kier molecular flexibility index (Phi) is 5.55. The van der Waals surface area contributed by atoms with Gasteiger partial charge < -0.3 is 9.80 Å². The first-order valence-electron chi connectivity index (χ1n) is 7.90. The molecular weight excluding hydrogens is 266 g/mol. The highest BCUT2D eigenvalue weighted by atomic mass is 15.4. The molecule has 1 aliphatic heterocycles. The van der Waals surface area contributed by atoms with E-state index in [4.69, 9.17) is 5.84 Å². The highest BCUT2D eigenvalue weighted by molar-refractivity contribution is 5.45. The molecule has 21 heavy (non-hydrogen) atoms. The molecule has 118 valence electrons. The van der Waals surface area contributed by atoms with Crippen LogP contribution >= 0.6 is 0 Å². The summed E-state index contributed by atoms with van der Waals surface area (Å²) in [6.45, 7) is 10.4. The van der Waals surface area contributed by atoms with E-state index in [0.29, 0.717) is 17.8 Å².